The highest BCUT2D eigenvalue weighted by atomic mass is 15.2. The molecule has 0 radical (unpaired) electrons. The highest BCUT2D eigenvalue weighted by Gasteiger charge is 2.55. The van der Waals surface area contributed by atoms with Gasteiger partial charge in [-0.05, 0) is 265 Å². The smallest absolute Gasteiger partial charge is 0.252 e. The van der Waals surface area contributed by atoms with Gasteiger partial charge in [-0.25, -0.2) is 0 Å². The maximum Gasteiger partial charge on any atom is 0.252 e. The summed E-state index contributed by atoms with van der Waals surface area (Å²) in [7, 11) is 0. The number of hydrogen-bond acceptors (Lipinski definition) is 4. The Morgan fingerprint density at radius 1 is 0.258 bits per heavy atom. The minimum atomic E-state index is -0.124. The number of hydrogen-bond donors (Lipinski definition) is 0. The molecule has 458 valence electrons. The number of rotatable bonds is 6. The first-order valence-corrected chi connectivity index (χ1v) is 34.6. The first kappa shape index (κ1) is 55.2. The number of nitrogens with zero attached hydrogens (tertiary/aromatic N) is 6. The van der Waals surface area contributed by atoms with Crippen LogP contribution in [0.5, 0.6) is 0 Å². The van der Waals surface area contributed by atoms with Crippen LogP contribution in [0.3, 0.4) is 0 Å². The highest BCUT2D eigenvalue weighted by Crippen LogP contribution is 2.52. The van der Waals surface area contributed by atoms with Gasteiger partial charge in [-0.2, -0.15) is 0 Å². The first-order chi connectivity index (χ1) is 47.2. The maximum atomic E-state index is 2.78. The van der Waals surface area contributed by atoms with E-state index >= 15 is 0 Å². The lowest BCUT2D eigenvalue weighted by atomic mass is 9.26. The Kier molecular flexibility index (Phi) is 11.0. The number of para-hydroxylation sites is 4. The molecule has 0 saturated carbocycles. The molecule has 21 rings (SSSR count). The van der Waals surface area contributed by atoms with Crippen molar-refractivity contribution in [2.24, 2.45) is 0 Å². The van der Waals surface area contributed by atoms with E-state index in [1.807, 2.05) is 0 Å². The second-order valence-electron chi connectivity index (χ2n) is 29.2. The van der Waals surface area contributed by atoms with Gasteiger partial charge >= 0.3 is 0 Å². The predicted octanol–water partition coefficient (Wildman–Crippen LogP) is 16.3. The summed E-state index contributed by atoms with van der Waals surface area (Å²) in [6.45, 7) is 22.2. The molecule has 0 bridgehead atoms. The molecular formula is C88H67B3N6. The maximum absolute atomic E-state index is 2.78. The molecule has 8 heterocycles. The molecule has 13 aromatic carbocycles. The molecule has 0 unspecified atom stereocenters. The largest absolute Gasteiger partial charge is 0.312 e. The molecule has 0 amide bonds. The van der Waals surface area contributed by atoms with E-state index < -0.39 is 0 Å². The average Bonchev–Trinajstić information content (AvgIpc) is 0.785. The number of aryl methyl sites for hydroxylation is 10. The Labute approximate surface area is 567 Å². The third kappa shape index (κ3) is 7.33. The lowest BCUT2D eigenvalue weighted by Gasteiger charge is -2.52. The summed E-state index contributed by atoms with van der Waals surface area (Å²) in [5.74, 6) is 0. The van der Waals surface area contributed by atoms with E-state index in [9.17, 15) is 0 Å². The van der Waals surface area contributed by atoms with Gasteiger partial charge in [0.05, 0.1) is 22.4 Å². The van der Waals surface area contributed by atoms with Gasteiger partial charge in [0.25, 0.3) is 20.1 Å². The topological polar surface area (TPSA) is 22.8 Å². The van der Waals surface area contributed by atoms with E-state index in [1.54, 1.807) is 0 Å². The van der Waals surface area contributed by atoms with Crippen LogP contribution in [0.25, 0.3) is 55.0 Å². The van der Waals surface area contributed by atoms with E-state index in [4.69, 9.17) is 0 Å². The van der Waals surface area contributed by atoms with Gasteiger partial charge in [0.2, 0.25) is 0 Å². The van der Waals surface area contributed by atoms with E-state index in [0.717, 1.165) is 28.4 Å². The SMILES string of the molecule is Cc1cc(C)cc(N(c2cc(C)cc(C)c2)c2cc3c4c(c2)-n2c5ccccc5c5cccc(c52)B4c2cc4c5c6c2N3c2cc(C)ccc2B6c2ccc(C)cc2N5c2cc(N(c3cc(C)cc(C)c3)c3cc(C)ccc3C)cc3c2B4c2cccc4c5ccccc5n-3c24)c1. The van der Waals surface area contributed by atoms with Crippen LogP contribution in [-0.4, -0.2) is 29.3 Å². The summed E-state index contributed by atoms with van der Waals surface area (Å²) in [6.07, 6.45) is 0. The summed E-state index contributed by atoms with van der Waals surface area (Å²) in [5.41, 5.74) is 46.4. The molecule has 0 spiro atoms. The van der Waals surface area contributed by atoms with Crippen LogP contribution < -0.4 is 68.8 Å². The van der Waals surface area contributed by atoms with E-state index in [1.165, 1.54) is 200 Å². The van der Waals surface area contributed by atoms with Crippen molar-refractivity contribution < 1.29 is 0 Å². The Balaban J connectivity index is 0.941. The van der Waals surface area contributed by atoms with Crippen molar-refractivity contribution in [3.63, 3.8) is 0 Å². The molecule has 0 fully saturated rings. The zero-order valence-corrected chi connectivity index (χ0v) is 56.3. The second kappa shape index (κ2) is 19.3. The number of fused-ring (bicyclic) bond motifs is 20. The summed E-state index contributed by atoms with van der Waals surface area (Å²) in [6, 6.07) is 88.7. The molecule has 6 nitrogen and oxygen atoms in total. The van der Waals surface area contributed by atoms with Gasteiger partial charge in [-0.1, -0.05) is 133 Å². The minimum absolute atomic E-state index is 0.0868. The summed E-state index contributed by atoms with van der Waals surface area (Å²) < 4.78 is 5.30. The van der Waals surface area contributed by atoms with E-state index in [0.29, 0.717) is 0 Å². The van der Waals surface area contributed by atoms with Crippen molar-refractivity contribution in [1.82, 2.24) is 9.13 Å². The lowest BCUT2D eigenvalue weighted by molar-refractivity contribution is 1.15. The van der Waals surface area contributed by atoms with Gasteiger partial charge in [-0.3, -0.25) is 0 Å². The van der Waals surface area contributed by atoms with Gasteiger partial charge in [-0.15, -0.1) is 0 Å². The molecule has 6 aliphatic rings. The molecule has 0 N–H and O–H groups in total. The van der Waals surface area contributed by atoms with Crippen molar-refractivity contribution in [2.75, 3.05) is 19.6 Å². The van der Waals surface area contributed by atoms with Crippen LogP contribution in [-0.2, 0) is 0 Å². The summed E-state index contributed by atoms with van der Waals surface area (Å²) in [4.78, 5) is 10.7. The van der Waals surface area contributed by atoms with Crippen LogP contribution >= 0.6 is 0 Å². The van der Waals surface area contributed by atoms with Crippen molar-refractivity contribution >= 4 is 181 Å². The number of benzene rings is 13. The highest BCUT2D eigenvalue weighted by molar-refractivity contribution is 7.07. The fourth-order valence-electron chi connectivity index (χ4n) is 19.2. The molecule has 0 saturated heterocycles. The van der Waals surface area contributed by atoms with E-state index in [-0.39, 0.29) is 20.1 Å². The normalized spacial score (nSPS) is 13.6. The standard InChI is InChI=1S/C88H67B3N6/c1-48-25-28-57(10)75(40-48)93(60-38-55(8)33-56(9)39-60)62-45-79-83-81(46-62)97-77-42-50(3)27-30-68(77)89-67-29-26-49(2)41-76(67)96-80-44-61(92(58-34-51(4)31-52(5)35-58)59-36-53(6)32-54(7)37-59)43-78-82(80)90(69-21-15-19-65-63-17-11-13-23-73(63)94(78)85(65)69)71-47-72(88(97)84(89)87(71)96)91(83)70-22-16-20-66-64-18-12-14-24-74(64)95(79)86(66)70/h11-47H,1-10H3. The van der Waals surface area contributed by atoms with E-state index in [2.05, 4.69) is 322 Å². The molecule has 9 heteroatoms. The van der Waals surface area contributed by atoms with Crippen LogP contribution in [0, 0.1) is 69.2 Å². The van der Waals surface area contributed by atoms with Crippen LogP contribution in [0.15, 0.2) is 224 Å². The third-order valence-electron chi connectivity index (χ3n) is 22.6. The number of aromatic nitrogens is 2. The van der Waals surface area contributed by atoms with Crippen molar-refractivity contribution in [2.45, 2.75) is 69.2 Å². The zero-order valence-electron chi connectivity index (χ0n) is 56.3. The Bertz CT molecular complexity index is 6050. The van der Waals surface area contributed by atoms with Crippen LogP contribution in [0.4, 0.5) is 68.2 Å². The zero-order chi connectivity index (χ0) is 65.0. The fourth-order valence-corrected chi connectivity index (χ4v) is 19.2. The van der Waals surface area contributed by atoms with Crippen molar-refractivity contribution in [3.05, 3.63) is 280 Å². The fraction of sp³-hybridized carbons (Fsp3) is 0.114. The number of anilines is 12. The predicted molar refractivity (Wildman–Crippen MR) is 415 cm³/mol. The quantitative estimate of drug-likeness (QED) is 0.155. The molecular weight excluding hydrogens is 1170 g/mol. The van der Waals surface area contributed by atoms with Gasteiger partial charge < -0.3 is 28.7 Å². The summed E-state index contributed by atoms with van der Waals surface area (Å²) in [5, 5.41) is 5.11. The Morgan fingerprint density at radius 2 is 0.639 bits per heavy atom. The van der Waals surface area contributed by atoms with Gasteiger partial charge in [0, 0.05) is 101 Å². The molecule has 97 heavy (non-hydrogen) atoms. The molecule has 2 aromatic heterocycles. The monoisotopic (exact) mass is 1240 g/mol. The molecule has 0 aliphatic carbocycles. The van der Waals surface area contributed by atoms with Crippen LogP contribution in [0.1, 0.15) is 55.6 Å². The molecule has 15 aromatic rings. The first-order valence-electron chi connectivity index (χ1n) is 34.6. The lowest BCUT2D eigenvalue weighted by Crippen LogP contribution is -2.72. The Hall–Kier alpha value is -11.1. The van der Waals surface area contributed by atoms with Gasteiger partial charge in [0.1, 0.15) is 0 Å². The summed E-state index contributed by atoms with van der Waals surface area (Å²) >= 11 is 0. The molecule has 0 atom stereocenters. The van der Waals surface area contributed by atoms with Crippen LogP contribution in [0.2, 0.25) is 0 Å². The Morgan fingerprint density at radius 3 is 1.11 bits per heavy atom. The average molecular weight is 1240 g/mol. The third-order valence-corrected chi connectivity index (χ3v) is 22.6. The van der Waals surface area contributed by atoms with Crippen molar-refractivity contribution in [3.8, 4) is 11.4 Å². The second-order valence-corrected chi connectivity index (χ2v) is 29.2. The molecule has 6 aliphatic heterocycles. The van der Waals surface area contributed by atoms with Crippen molar-refractivity contribution in [1.29, 1.82) is 0 Å². The van der Waals surface area contributed by atoms with Gasteiger partial charge in [0.15, 0.2) is 0 Å². The minimum Gasteiger partial charge on any atom is -0.312 e.